The number of likely N-dealkylation sites (tertiary alicyclic amines) is 1. The molecule has 1 N–H and O–H groups in total. The lowest BCUT2D eigenvalue weighted by Crippen LogP contribution is -2.76. The standard InChI is InChI=1S/C23H30F3N3O7/c1-7-34-17(31)23(18(32)35-8-2,27-13-21(24,25)26)22(28-19(33)36-20(3,4)5)14-11-9-10-12-15(14)29(6)16(22)30/h9-10,12-14H,7-8,11H2,1-6H3,(H,28,33)/t14?,22-/m1/s1. The summed E-state index contributed by atoms with van der Waals surface area (Å²) in [5.74, 6) is -5.48. The molecule has 1 heterocycles. The van der Waals surface area contributed by atoms with Crippen LogP contribution in [0.5, 0.6) is 0 Å². The van der Waals surface area contributed by atoms with Crippen LogP contribution < -0.4 is 5.32 Å². The fourth-order valence-corrected chi connectivity index (χ4v) is 4.25. The van der Waals surface area contributed by atoms with Crippen molar-refractivity contribution in [1.29, 1.82) is 0 Å². The number of carbonyl (C=O) groups excluding carboxylic acids is 4. The van der Waals surface area contributed by atoms with E-state index in [1.54, 1.807) is 12.2 Å². The SMILES string of the molecule is CCOC(=O)C(N=CC(F)(F)F)(C(=O)OCC)[C@]1(NC(=O)OC(C)(C)C)C(=O)N(C)C2=CC=CCC21. The zero-order valence-electron chi connectivity index (χ0n) is 20.9. The molecule has 200 valence electrons. The smallest absolute Gasteiger partial charge is 0.426 e. The molecule has 13 heteroatoms. The Morgan fingerprint density at radius 3 is 2.19 bits per heavy atom. The molecule has 2 amide bonds. The molecule has 1 aliphatic heterocycles. The minimum atomic E-state index is -5.10. The number of alkyl halides is 3. The van der Waals surface area contributed by atoms with Crippen LogP contribution in [0, 0.1) is 5.92 Å². The second-order valence-corrected chi connectivity index (χ2v) is 9.06. The van der Waals surface area contributed by atoms with E-state index in [9.17, 15) is 32.3 Å². The lowest BCUT2D eigenvalue weighted by Gasteiger charge is -2.43. The highest BCUT2D eigenvalue weighted by molar-refractivity contribution is 6.16. The van der Waals surface area contributed by atoms with Gasteiger partial charge in [0.2, 0.25) is 0 Å². The first-order chi connectivity index (χ1) is 16.6. The Labute approximate surface area is 206 Å². The summed E-state index contributed by atoms with van der Waals surface area (Å²) in [5.41, 5.74) is -6.89. The van der Waals surface area contributed by atoms with Gasteiger partial charge in [0.05, 0.1) is 13.2 Å². The van der Waals surface area contributed by atoms with E-state index in [2.05, 4.69) is 10.3 Å². The molecule has 10 nitrogen and oxygen atoms in total. The largest absolute Gasteiger partial charge is 0.464 e. The quantitative estimate of drug-likeness (QED) is 0.238. The van der Waals surface area contributed by atoms with Crippen LogP contribution in [0.2, 0.25) is 0 Å². The fraction of sp³-hybridized carbons (Fsp3) is 0.609. The van der Waals surface area contributed by atoms with E-state index in [0.717, 1.165) is 4.90 Å². The van der Waals surface area contributed by atoms with Crippen LogP contribution in [0.1, 0.15) is 41.0 Å². The number of ether oxygens (including phenoxy) is 3. The Kier molecular flexibility index (Phi) is 8.26. The third kappa shape index (κ3) is 5.24. The lowest BCUT2D eigenvalue weighted by atomic mass is 9.67. The third-order valence-electron chi connectivity index (χ3n) is 5.50. The number of hydrogen-bond acceptors (Lipinski definition) is 8. The molecule has 0 radical (unpaired) electrons. The summed E-state index contributed by atoms with van der Waals surface area (Å²) in [5, 5.41) is 2.27. The molecule has 0 spiro atoms. The summed E-state index contributed by atoms with van der Waals surface area (Å²) in [7, 11) is 1.30. The Bertz CT molecular complexity index is 980. The van der Waals surface area contributed by atoms with Crippen molar-refractivity contribution in [3.63, 3.8) is 0 Å². The average molecular weight is 518 g/mol. The molecular weight excluding hydrogens is 487 g/mol. The molecule has 2 aliphatic rings. The van der Waals surface area contributed by atoms with E-state index in [1.165, 1.54) is 47.7 Å². The van der Waals surface area contributed by atoms with Gasteiger partial charge in [-0.3, -0.25) is 9.79 Å². The summed E-state index contributed by atoms with van der Waals surface area (Å²) in [6.45, 7) is 6.51. The van der Waals surface area contributed by atoms with E-state index in [4.69, 9.17) is 14.2 Å². The first-order valence-electron chi connectivity index (χ1n) is 11.2. The number of allylic oxidation sites excluding steroid dienone is 3. The molecule has 0 aromatic rings. The molecule has 1 unspecified atom stereocenters. The summed E-state index contributed by atoms with van der Waals surface area (Å²) in [4.78, 5) is 58.3. The number of aliphatic imine (C=N–C) groups is 1. The van der Waals surface area contributed by atoms with Gasteiger partial charge in [0.15, 0.2) is 5.54 Å². The summed E-state index contributed by atoms with van der Waals surface area (Å²) in [6, 6.07) is 0. The summed E-state index contributed by atoms with van der Waals surface area (Å²) in [6.07, 6.45) is -2.35. The molecule has 1 aliphatic carbocycles. The van der Waals surface area contributed by atoms with Gasteiger partial charge in [-0.15, -0.1) is 0 Å². The lowest BCUT2D eigenvalue weighted by molar-refractivity contribution is -0.172. The van der Waals surface area contributed by atoms with Crippen molar-refractivity contribution in [2.24, 2.45) is 10.9 Å². The Balaban J connectivity index is 3.00. The van der Waals surface area contributed by atoms with Gasteiger partial charge in [0, 0.05) is 18.7 Å². The van der Waals surface area contributed by atoms with Gasteiger partial charge in [0.1, 0.15) is 11.8 Å². The molecule has 1 saturated heterocycles. The summed E-state index contributed by atoms with van der Waals surface area (Å²) >= 11 is 0. The average Bonchev–Trinajstić information content (AvgIpc) is 2.95. The highest BCUT2D eigenvalue weighted by Gasteiger charge is 2.76. The number of rotatable bonds is 7. The van der Waals surface area contributed by atoms with Crippen LogP contribution in [0.3, 0.4) is 0 Å². The second-order valence-electron chi connectivity index (χ2n) is 9.06. The molecule has 0 aromatic heterocycles. The maximum atomic E-state index is 13.9. The second kappa shape index (κ2) is 10.3. The number of halogens is 3. The number of fused-ring (bicyclic) bond motifs is 1. The van der Waals surface area contributed by atoms with Crippen molar-refractivity contribution >= 4 is 30.2 Å². The van der Waals surface area contributed by atoms with Crippen molar-refractivity contribution in [3.05, 3.63) is 23.9 Å². The van der Waals surface area contributed by atoms with Crippen LogP contribution in [-0.2, 0) is 28.6 Å². The Morgan fingerprint density at radius 2 is 1.72 bits per heavy atom. The van der Waals surface area contributed by atoms with Crippen LogP contribution in [0.4, 0.5) is 18.0 Å². The Hall–Kier alpha value is -3.38. The normalized spacial score (nSPS) is 22.2. The molecule has 0 aromatic carbocycles. The van der Waals surface area contributed by atoms with Gasteiger partial charge in [-0.1, -0.05) is 12.2 Å². The highest BCUT2D eigenvalue weighted by Crippen LogP contribution is 2.49. The summed E-state index contributed by atoms with van der Waals surface area (Å²) < 4.78 is 55.5. The van der Waals surface area contributed by atoms with Crippen molar-refractivity contribution < 1.29 is 46.6 Å². The molecule has 0 saturated carbocycles. The predicted octanol–water partition coefficient (Wildman–Crippen LogP) is 2.68. The first kappa shape index (κ1) is 28.9. The number of amides is 2. The number of nitrogens with one attached hydrogen (secondary N) is 1. The molecular formula is C23H30F3N3O7. The topological polar surface area (TPSA) is 124 Å². The number of likely N-dealkylation sites (N-methyl/N-ethyl adjacent to an activating group) is 1. The minimum absolute atomic E-state index is 0.0419. The van der Waals surface area contributed by atoms with Crippen molar-refractivity contribution in [1.82, 2.24) is 10.2 Å². The fourth-order valence-electron chi connectivity index (χ4n) is 4.25. The zero-order chi connectivity index (χ0) is 27.5. The van der Waals surface area contributed by atoms with Crippen molar-refractivity contribution in [3.8, 4) is 0 Å². The monoisotopic (exact) mass is 517 g/mol. The van der Waals surface area contributed by atoms with Gasteiger partial charge in [-0.05, 0) is 47.1 Å². The molecule has 2 rings (SSSR count). The van der Waals surface area contributed by atoms with E-state index in [1.807, 2.05) is 0 Å². The predicted molar refractivity (Wildman–Crippen MR) is 121 cm³/mol. The molecule has 0 bridgehead atoms. The van der Waals surface area contributed by atoms with Gasteiger partial charge < -0.3 is 24.4 Å². The maximum Gasteiger partial charge on any atom is 0.426 e. The van der Waals surface area contributed by atoms with E-state index < -0.39 is 58.9 Å². The zero-order valence-corrected chi connectivity index (χ0v) is 20.9. The molecule has 36 heavy (non-hydrogen) atoms. The van der Waals surface area contributed by atoms with E-state index in [0.29, 0.717) is 0 Å². The third-order valence-corrected chi connectivity index (χ3v) is 5.50. The molecule has 1 fully saturated rings. The number of esters is 2. The van der Waals surface area contributed by atoms with Gasteiger partial charge in [-0.2, -0.15) is 13.2 Å². The van der Waals surface area contributed by atoms with Crippen LogP contribution in [0.15, 0.2) is 28.9 Å². The number of alkyl carbamates (subject to hydrolysis) is 1. The van der Waals surface area contributed by atoms with Crippen molar-refractivity contribution in [2.75, 3.05) is 20.3 Å². The van der Waals surface area contributed by atoms with E-state index in [-0.39, 0.29) is 25.3 Å². The van der Waals surface area contributed by atoms with Gasteiger partial charge in [0.25, 0.3) is 11.4 Å². The number of carbonyl (C=O) groups is 4. The maximum absolute atomic E-state index is 13.9. The Morgan fingerprint density at radius 1 is 1.17 bits per heavy atom. The minimum Gasteiger partial charge on any atom is -0.464 e. The number of nitrogens with zero attached hydrogens (tertiary/aromatic N) is 2. The number of hydrogen-bond donors (Lipinski definition) is 1. The van der Waals surface area contributed by atoms with Crippen molar-refractivity contribution in [2.45, 2.75) is 63.9 Å². The highest BCUT2D eigenvalue weighted by atomic mass is 19.4. The van der Waals surface area contributed by atoms with E-state index >= 15 is 0 Å². The molecule has 2 atom stereocenters. The van der Waals surface area contributed by atoms with Crippen LogP contribution in [-0.4, -0.2) is 78.2 Å². The van der Waals surface area contributed by atoms with Gasteiger partial charge >= 0.3 is 24.2 Å². The first-order valence-corrected chi connectivity index (χ1v) is 11.2. The van der Waals surface area contributed by atoms with Crippen LogP contribution >= 0.6 is 0 Å². The van der Waals surface area contributed by atoms with Crippen LogP contribution in [0.25, 0.3) is 0 Å². The van der Waals surface area contributed by atoms with Gasteiger partial charge in [-0.25, -0.2) is 14.4 Å².